The number of nitrogens with two attached hydrogens (primary N) is 1. The second kappa shape index (κ2) is 5.15. The molecule has 0 atom stereocenters. The van der Waals surface area contributed by atoms with E-state index in [-0.39, 0.29) is 4.90 Å². The summed E-state index contributed by atoms with van der Waals surface area (Å²) >= 11 is 0. The third-order valence-corrected chi connectivity index (χ3v) is 4.50. The minimum atomic E-state index is -3.72. The van der Waals surface area contributed by atoms with Crippen molar-refractivity contribution in [1.29, 1.82) is 0 Å². The Labute approximate surface area is 126 Å². The molecule has 22 heavy (non-hydrogen) atoms. The average Bonchev–Trinajstić information content (AvgIpc) is 2.84. The molecule has 1 aromatic carbocycles. The van der Waals surface area contributed by atoms with Crippen LogP contribution >= 0.6 is 0 Å². The van der Waals surface area contributed by atoms with Crippen molar-refractivity contribution in [3.05, 3.63) is 52.1 Å². The predicted molar refractivity (Wildman–Crippen MR) is 79.2 cm³/mol. The van der Waals surface area contributed by atoms with E-state index in [1.807, 2.05) is 4.90 Å². The Morgan fingerprint density at radius 2 is 2.09 bits per heavy atom. The number of benzene rings is 1. The maximum atomic E-state index is 11.4. The molecule has 7 nitrogen and oxygen atoms in total. The van der Waals surface area contributed by atoms with E-state index in [1.165, 1.54) is 12.1 Å². The van der Waals surface area contributed by atoms with Gasteiger partial charge in [-0.2, -0.15) is 0 Å². The first-order chi connectivity index (χ1) is 10.3. The SMILES string of the molecule is NS(=O)(=O)c1ccc2c(c1)CCN2Cc1cc(=O)c(O)co1. The molecule has 0 bridgehead atoms. The van der Waals surface area contributed by atoms with Gasteiger partial charge in [0.15, 0.2) is 5.75 Å². The number of primary sulfonamides is 1. The normalized spacial score (nSPS) is 14.1. The van der Waals surface area contributed by atoms with E-state index in [1.54, 1.807) is 12.1 Å². The van der Waals surface area contributed by atoms with Crippen LogP contribution in [0.5, 0.6) is 5.75 Å². The highest BCUT2D eigenvalue weighted by Crippen LogP contribution is 2.31. The first-order valence-electron chi connectivity index (χ1n) is 6.56. The summed E-state index contributed by atoms with van der Waals surface area (Å²) in [5, 5.41) is 14.3. The minimum Gasteiger partial charge on any atom is -0.502 e. The van der Waals surface area contributed by atoms with E-state index in [9.17, 15) is 18.3 Å². The Balaban J connectivity index is 1.88. The monoisotopic (exact) mass is 322 g/mol. The van der Waals surface area contributed by atoms with Crippen molar-refractivity contribution in [3.63, 3.8) is 0 Å². The zero-order chi connectivity index (χ0) is 15.9. The van der Waals surface area contributed by atoms with Gasteiger partial charge in [-0.1, -0.05) is 0 Å². The van der Waals surface area contributed by atoms with Crippen molar-refractivity contribution in [3.8, 4) is 5.75 Å². The van der Waals surface area contributed by atoms with Gasteiger partial charge in [0.2, 0.25) is 15.5 Å². The molecule has 2 heterocycles. The number of sulfonamides is 1. The summed E-state index contributed by atoms with van der Waals surface area (Å²) in [5.74, 6) is -0.00506. The van der Waals surface area contributed by atoms with Crippen molar-refractivity contribution in [2.75, 3.05) is 11.4 Å². The van der Waals surface area contributed by atoms with E-state index in [0.717, 1.165) is 17.5 Å². The van der Waals surface area contributed by atoms with Crippen molar-refractivity contribution in [1.82, 2.24) is 0 Å². The molecule has 2 aromatic rings. The molecule has 3 rings (SSSR count). The lowest BCUT2D eigenvalue weighted by Gasteiger charge is -2.18. The van der Waals surface area contributed by atoms with Crippen LogP contribution < -0.4 is 15.5 Å². The Kier molecular flexibility index (Phi) is 3.42. The molecule has 8 heteroatoms. The molecule has 0 spiro atoms. The first-order valence-corrected chi connectivity index (χ1v) is 8.10. The standard InChI is InChI=1S/C14H14N2O5S/c15-22(19,20)11-1-2-12-9(5-11)3-4-16(12)7-10-6-13(17)14(18)8-21-10/h1-2,5-6,8,18H,3-4,7H2,(H2,15,19,20). The van der Waals surface area contributed by atoms with E-state index < -0.39 is 21.2 Å². The number of aromatic hydroxyl groups is 1. The van der Waals surface area contributed by atoms with E-state index in [0.29, 0.717) is 25.3 Å². The molecule has 1 aliphatic heterocycles. The van der Waals surface area contributed by atoms with Crippen LogP contribution in [0.3, 0.4) is 0 Å². The van der Waals surface area contributed by atoms with E-state index in [2.05, 4.69) is 0 Å². The molecular weight excluding hydrogens is 308 g/mol. The third kappa shape index (κ3) is 2.70. The van der Waals surface area contributed by atoms with E-state index in [4.69, 9.17) is 9.56 Å². The van der Waals surface area contributed by atoms with Crippen molar-refractivity contribution < 1.29 is 17.9 Å². The van der Waals surface area contributed by atoms with E-state index >= 15 is 0 Å². The van der Waals surface area contributed by atoms with Crippen LogP contribution in [0.4, 0.5) is 5.69 Å². The smallest absolute Gasteiger partial charge is 0.238 e. The zero-order valence-corrected chi connectivity index (χ0v) is 12.3. The summed E-state index contributed by atoms with van der Waals surface area (Å²) in [5.41, 5.74) is 1.26. The second-order valence-corrected chi connectivity index (χ2v) is 6.66. The van der Waals surface area contributed by atoms with Gasteiger partial charge in [-0.3, -0.25) is 4.79 Å². The summed E-state index contributed by atoms with van der Waals surface area (Å²) in [6, 6.07) is 5.96. The Morgan fingerprint density at radius 1 is 1.32 bits per heavy atom. The Bertz CT molecular complexity index is 888. The average molecular weight is 322 g/mol. The Hall–Kier alpha value is -2.32. The van der Waals surface area contributed by atoms with Crippen LogP contribution in [0.2, 0.25) is 0 Å². The number of anilines is 1. The lowest BCUT2D eigenvalue weighted by molar-refractivity contribution is 0.412. The molecule has 0 fully saturated rings. The fourth-order valence-corrected chi connectivity index (χ4v) is 3.07. The topological polar surface area (TPSA) is 114 Å². The number of rotatable bonds is 3. The molecule has 1 aromatic heterocycles. The van der Waals surface area contributed by atoms with Crippen LogP contribution in [0, 0.1) is 0 Å². The zero-order valence-electron chi connectivity index (χ0n) is 11.5. The predicted octanol–water partition coefficient (Wildman–Crippen LogP) is 0.556. The maximum absolute atomic E-state index is 11.4. The number of nitrogens with zero attached hydrogens (tertiary/aromatic N) is 1. The molecular formula is C14H14N2O5S. The summed E-state index contributed by atoms with van der Waals surface area (Å²) in [6.07, 6.45) is 1.69. The van der Waals surface area contributed by atoms with Crippen molar-refractivity contribution in [2.24, 2.45) is 5.14 Å². The maximum Gasteiger partial charge on any atom is 0.238 e. The highest BCUT2D eigenvalue weighted by molar-refractivity contribution is 7.89. The summed E-state index contributed by atoms with van der Waals surface area (Å²) < 4.78 is 27.9. The van der Waals surface area contributed by atoms with Gasteiger partial charge in [0.05, 0.1) is 11.4 Å². The van der Waals surface area contributed by atoms with Gasteiger partial charge in [0, 0.05) is 18.3 Å². The number of hydrogen-bond donors (Lipinski definition) is 2. The summed E-state index contributed by atoms with van der Waals surface area (Å²) in [7, 11) is -3.72. The third-order valence-electron chi connectivity index (χ3n) is 3.58. The van der Waals surface area contributed by atoms with Crippen molar-refractivity contribution in [2.45, 2.75) is 17.9 Å². The molecule has 0 saturated heterocycles. The van der Waals surface area contributed by atoms with Crippen LogP contribution in [-0.4, -0.2) is 20.1 Å². The largest absolute Gasteiger partial charge is 0.502 e. The first kappa shape index (κ1) is 14.6. The Morgan fingerprint density at radius 3 is 2.77 bits per heavy atom. The molecule has 0 radical (unpaired) electrons. The molecule has 3 N–H and O–H groups in total. The van der Waals surface area contributed by atoms with Gasteiger partial charge in [-0.05, 0) is 30.2 Å². The van der Waals surface area contributed by atoms with Crippen LogP contribution in [0.25, 0.3) is 0 Å². The van der Waals surface area contributed by atoms with Gasteiger partial charge in [0.25, 0.3) is 0 Å². The molecule has 0 amide bonds. The lowest BCUT2D eigenvalue weighted by atomic mass is 10.2. The quantitative estimate of drug-likeness (QED) is 0.853. The molecule has 0 saturated carbocycles. The highest BCUT2D eigenvalue weighted by Gasteiger charge is 2.22. The van der Waals surface area contributed by atoms with Crippen LogP contribution in [0.1, 0.15) is 11.3 Å². The minimum absolute atomic E-state index is 0.0873. The van der Waals surface area contributed by atoms with Gasteiger partial charge in [-0.25, -0.2) is 13.6 Å². The highest BCUT2D eigenvalue weighted by atomic mass is 32.2. The molecule has 0 aliphatic carbocycles. The van der Waals surface area contributed by atoms with Crippen molar-refractivity contribution >= 4 is 15.7 Å². The van der Waals surface area contributed by atoms with Gasteiger partial charge in [-0.15, -0.1) is 0 Å². The molecule has 0 unspecified atom stereocenters. The fourth-order valence-electron chi connectivity index (χ4n) is 2.50. The number of hydrogen-bond acceptors (Lipinski definition) is 6. The summed E-state index contributed by atoms with van der Waals surface area (Å²) in [6.45, 7) is 1.03. The fraction of sp³-hybridized carbons (Fsp3) is 0.214. The molecule has 116 valence electrons. The van der Waals surface area contributed by atoms with Gasteiger partial charge >= 0.3 is 0 Å². The lowest BCUT2D eigenvalue weighted by Crippen LogP contribution is -2.20. The molecule has 1 aliphatic rings. The summed E-state index contributed by atoms with van der Waals surface area (Å²) in [4.78, 5) is 13.5. The second-order valence-electron chi connectivity index (χ2n) is 5.10. The van der Waals surface area contributed by atoms with Crippen LogP contribution in [0.15, 0.2) is 44.6 Å². The number of fused-ring (bicyclic) bond motifs is 1. The van der Waals surface area contributed by atoms with Gasteiger partial charge < -0.3 is 14.4 Å². The van der Waals surface area contributed by atoms with Crippen LogP contribution in [-0.2, 0) is 23.0 Å². The van der Waals surface area contributed by atoms with Gasteiger partial charge in [0.1, 0.15) is 12.0 Å².